The van der Waals surface area contributed by atoms with Gasteiger partial charge in [-0.05, 0) is 43.6 Å². The summed E-state index contributed by atoms with van der Waals surface area (Å²) >= 11 is 0. The van der Waals surface area contributed by atoms with Crippen LogP contribution in [0.3, 0.4) is 0 Å². The van der Waals surface area contributed by atoms with Crippen LogP contribution >= 0.6 is 0 Å². The molecule has 136 valence electrons. The maximum Gasteiger partial charge on any atom is 0.316 e. The predicted octanol–water partition coefficient (Wildman–Crippen LogP) is 2.76. The Labute approximate surface area is 148 Å². The second-order valence-electron chi connectivity index (χ2n) is 6.73. The summed E-state index contributed by atoms with van der Waals surface area (Å²) in [6, 6.07) is 8.81. The van der Waals surface area contributed by atoms with Crippen LogP contribution in [0.15, 0.2) is 28.7 Å². The molecule has 1 aliphatic heterocycles. The highest BCUT2D eigenvalue weighted by atomic mass is 16.5. The van der Waals surface area contributed by atoms with Gasteiger partial charge in [-0.2, -0.15) is 0 Å². The Morgan fingerprint density at radius 2 is 2.12 bits per heavy atom. The van der Waals surface area contributed by atoms with Crippen molar-refractivity contribution in [3.63, 3.8) is 0 Å². The first-order valence-corrected chi connectivity index (χ1v) is 8.96. The number of nitrogen functional groups attached to an aromatic ring is 1. The number of nitrogens with two attached hydrogens (primary N) is 1. The van der Waals surface area contributed by atoms with E-state index in [1.807, 2.05) is 6.07 Å². The molecule has 0 amide bonds. The number of likely N-dealkylation sites (tertiary alicyclic amines) is 1. The molecule has 3 rings (SSSR count). The van der Waals surface area contributed by atoms with E-state index in [2.05, 4.69) is 45.5 Å². The maximum atomic E-state index is 5.94. The van der Waals surface area contributed by atoms with Gasteiger partial charge in [-0.3, -0.25) is 4.90 Å². The van der Waals surface area contributed by atoms with Crippen LogP contribution in [0.4, 0.5) is 12.0 Å². The van der Waals surface area contributed by atoms with Crippen molar-refractivity contribution in [1.82, 2.24) is 15.1 Å². The van der Waals surface area contributed by atoms with E-state index < -0.39 is 0 Å². The zero-order valence-corrected chi connectivity index (χ0v) is 14.8. The summed E-state index contributed by atoms with van der Waals surface area (Å²) < 4.78 is 11.0. The van der Waals surface area contributed by atoms with E-state index in [0.29, 0.717) is 25.1 Å². The molecule has 0 radical (unpaired) electrons. The highest BCUT2D eigenvalue weighted by Gasteiger charge is 2.11. The van der Waals surface area contributed by atoms with Gasteiger partial charge in [-0.25, -0.2) is 0 Å². The largest absolute Gasteiger partial charge is 0.493 e. The van der Waals surface area contributed by atoms with Gasteiger partial charge in [0.2, 0.25) is 0 Å². The van der Waals surface area contributed by atoms with E-state index in [1.54, 1.807) is 0 Å². The number of piperidine rings is 1. The Hall–Kier alpha value is -2.28. The normalized spacial score (nSPS) is 16.5. The third-order valence-electron chi connectivity index (χ3n) is 4.33. The lowest BCUT2D eigenvalue weighted by Crippen LogP contribution is -2.29. The minimum atomic E-state index is 0.0666. The van der Waals surface area contributed by atoms with Gasteiger partial charge in [0.05, 0.1) is 6.61 Å². The average molecular weight is 345 g/mol. The molecule has 1 aromatic carbocycles. The SMILES string of the molecule is CC(CNc1nnc(N)o1)COc1cccc(CN2CCCCC2)c1. The van der Waals surface area contributed by atoms with E-state index in [9.17, 15) is 0 Å². The molecule has 2 heterocycles. The summed E-state index contributed by atoms with van der Waals surface area (Å²) in [7, 11) is 0. The zero-order chi connectivity index (χ0) is 17.5. The fourth-order valence-corrected chi connectivity index (χ4v) is 2.97. The Bertz CT molecular complexity index is 654. The number of benzene rings is 1. The Morgan fingerprint density at radius 3 is 2.88 bits per heavy atom. The zero-order valence-electron chi connectivity index (χ0n) is 14.8. The van der Waals surface area contributed by atoms with Gasteiger partial charge in [0.25, 0.3) is 0 Å². The molecule has 1 unspecified atom stereocenters. The lowest BCUT2D eigenvalue weighted by Gasteiger charge is -2.26. The summed E-state index contributed by atoms with van der Waals surface area (Å²) in [5, 5.41) is 10.4. The standard InChI is InChI=1S/C18H27N5O2/c1-14(11-20-18-22-21-17(19)25-18)13-24-16-7-5-6-15(10-16)12-23-8-3-2-4-9-23/h5-7,10,14H,2-4,8-9,11-13H2,1H3,(H2,19,21)(H,20,22). The average Bonchev–Trinajstić information content (AvgIpc) is 3.05. The topological polar surface area (TPSA) is 89.4 Å². The first-order chi connectivity index (χ1) is 12.2. The number of nitrogens with zero attached hydrogens (tertiary/aromatic N) is 3. The van der Waals surface area contributed by atoms with E-state index >= 15 is 0 Å². The molecule has 1 fully saturated rings. The van der Waals surface area contributed by atoms with Gasteiger partial charge in [-0.15, -0.1) is 0 Å². The molecule has 1 saturated heterocycles. The molecule has 7 heteroatoms. The Kier molecular flexibility index (Phi) is 6.11. The highest BCUT2D eigenvalue weighted by Crippen LogP contribution is 2.18. The van der Waals surface area contributed by atoms with Crippen molar-refractivity contribution < 1.29 is 9.15 Å². The van der Waals surface area contributed by atoms with Crippen LogP contribution in [-0.2, 0) is 6.54 Å². The van der Waals surface area contributed by atoms with Crippen LogP contribution in [0.2, 0.25) is 0 Å². The Morgan fingerprint density at radius 1 is 1.28 bits per heavy atom. The minimum Gasteiger partial charge on any atom is -0.493 e. The van der Waals surface area contributed by atoms with Crippen molar-refractivity contribution in [1.29, 1.82) is 0 Å². The molecule has 1 aliphatic rings. The second-order valence-corrected chi connectivity index (χ2v) is 6.73. The van der Waals surface area contributed by atoms with Gasteiger partial charge in [0.15, 0.2) is 0 Å². The number of ether oxygens (including phenoxy) is 1. The van der Waals surface area contributed by atoms with Crippen LogP contribution in [0.5, 0.6) is 5.75 Å². The molecule has 7 nitrogen and oxygen atoms in total. The molecule has 0 aliphatic carbocycles. The van der Waals surface area contributed by atoms with E-state index in [1.165, 1.54) is 37.9 Å². The first-order valence-electron chi connectivity index (χ1n) is 8.96. The van der Waals surface area contributed by atoms with E-state index in [0.717, 1.165) is 12.3 Å². The maximum absolute atomic E-state index is 5.94. The lowest BCUT2D eigenvalue weighted by molar-refractivity contribution is 0.220. The molecule has 1 atom stereocenters. The van der Waals surface area contributed by atoms with Crippen molar-refractivity contribution in [3.8, 4) is 5.75 Å². The molecule has 0 bridgehead atoms. The summed E-state index contributed by atoms with van der Waals surface area (Å²) in [6.45, 7) is 6.80. The number of anilines is 2. The summed E-state index contributed by atoms with van der Waals surface area (Å²) in [4.78, 5) is 2.52. The van der Waals surface area contributed by atoms with Gasteiger partial charge >= 0.3 is 12.0 Å². The fraction of sp³-hybridized carbons (Fsp3) is 0.556. The van der Waals surface area contributed by atoms with Crippen molar-refractivity contribution in [3.05, 3.63) is 29.8 Å². The van der Waals surface area contributed by atoms with Crippen molar-refractivity contribution in [2.45, 2.75) is 32.7 Å². The van der Waals surface area contributed by atoms with Gasteiger partial charge in [-0.1, -0.05) is 35.7 Å². The summed E-state index contributed by atoms with van der Waals surface area (Å²) in [5.74, 6) is 1.21. The third-order valence-corrected chi connectivity index (χ3v) is 4.33. The second kappa shape index (κ2) is 8.71. The van der Waals surface area contributed by atoms with Crippen molar-refractivity contribution in [2.75, 3.05) is 37.3 Å². The molecule has 0 spiro atoms. The van der Waals surface area contributed by atoms with E-state index in [4.69, 9.17) is 14.9 Å². The van der Waals surface area contributed by atoms with Gasteiger partial charge in [0.1, 0.15) is 5.75 Å². The summed E-state index contributed by atoms with van der Waals surface area (Å²) in [5.41, 5.74) is 6.70. The molecule has 1 aromatic heterocycles. The van der Waals surface area contributed by atoms with Gasteiger partial charge < -0.3 is 20.2 Å². The van der Waals surface area contributed by atoms with Crippen LogP contribution in [0.1, 0.15) is 31.7 Å². The molecular weight excluding hydrogens is 318 g/mol. The number of hydrogen-bond acceptors (Lipinski definition) is 7. The van der Waals surface area contributed by atoms with Crippen molar-refractivity contribution in [2.24, 2.45) is 5.92 Å². The monoisotopic (exact) mass is 345 g/mol. The van der Waals surface area contributed by atoms with Crippen LogP contribution in [-0.4, -0.2) is 41.3 Å². The van der Waals surface area contributed by atoms with Crippen molar-refractivity contribution >= 4 is 12.0 Å². The fourth-order valence-electron chi connectivity index (χ4n) is 2.97. The van der Waals surface area contributed by atoms with Gasteiger partial charge in [0, 0.05) is 19.0 Å². The number of rotatable bonds is 8. The number of aromatic nitrogens is 2. The minimum absolute atomic E-state index is 0.0666. The lowest BCUT2D eigenvalue weighted by atomic mass is 10.1. The van der Waals surface area contributed by atoms with Crippen LogP contribution < -0.4 is 15.8 Å². The molecular formula is C18H27N5O2. The molecule has 25 heavy (non-hydrogen) atoms. The Balaban J connectivity index is 1.43. The van der Waals surface area contributed by atoms with E-state index in [-0.39, 0.29) is 6.01 Å². The summed E-state index contributed by atoms with van der Waals surface area (Å²) in [6.07, 6.45) is 3.99. The van der Waals surface area contributed by atoms with Crippen LogP contribution in [0.25, 0.3) is 0 Å². The number of hydrogen-bond donors (Lipinski definition) is 2. The smallest absolute Gasteiger partial charge is 0.316 e. The third kappa shape index (κ3) is 5.63. The quantitative estimate of drug-likeness (QED) is 0.760. The molecule has 3 N–H and O–H groups in total. The predicted molar refractivity (Wildman–Crippen MR) is 97.4 cm³/mol. The first kappa shape index (κ1) is 17.5. The highest BCUT2D eigenvalue weighted by molar-refractivity contribution is 5.28. The van der Waals surface area contributed by atoms with Crippen LogP contribution in [0, 0.1) is 5.92 Å². The molecule has 2 aromatic rings. The number of nitrogens with one attached hydrogen (secondary N) is 1. The molecule has 0 saturated carbocycles.